The van der Waals surface area contributed by atoms with Gasteiger partial charge in [0.2, 0.25) is 5.91 Å². The highest BCUT2D eigenvalue weighted by Gasteiger charge is 2.38. The molecule has 0 spiro atoms. The van der Waals surface area contributed by atoms with Crippen LogP contribution in [0.15, 0.2) is 29.5 Å². The van der Waals surface area contributed by atoms with E-state index in [9.17, 15) is 9.59 Å². The second-order valence-corrected chi connectivity index (χ2v) is 8.02. The lowest BCUT2D eigenvalue weighted by molar-refractivity contribution is -0.122. The van der Waals surface area contributed by atoms with Crippen molar-refractivity contribution in [3.63, 3.8) is 0 Å². The lowest BCUT2D eigenvalue weighted by atomic mass is 10.1. The molecular weight excluding hydrogens is 372 g/mol. The topological polar surface area (TPSA) is 116 Å². The summed E-state index contributed by atoms with van der Waals surface area (Å²) in [6, 6.07) is 0.494. The van der Waals surface area contributed by atoms with E-state index >= 15 is 0 Å². The molecule has 2 aromatic rings. The number of carbonyl (C=O) groups excluding carboxylic acids is 2. The lowest BCUT2D eigenvalue weighted by Gasteiger charge is -2.30. The van der Waals surface area contributed by atoms with Crippen LogP contribution < -0.4 is 10.6 Å². The molecule has 0 aromatic carbocycles. The Hall–Kier alpha value is -2.68. The average Bonchev–Trinajstić information content (AvgIpc) is 3.11. The van der Waals surface area contributed by atoms with E-state index in [0.29, 0.717) is 25.2 Å². The Kier molecular flexibility index (Phi) is 6.24. The zero-order chi connectivity index (χ0) is 20.1. The van der Waals surface area contributed by atoms with E-state index in [2.05, 4.69) is 30.7 Å². The summed E-state index contributed by atoms with van der Waals surface area (Å²) in [5, 5.41) is 12.7. The number of aromatic nitrogens is 3. The Morgan fingerprint density at radius 3 is 2.79 bits per heavy atom. The molecule has 0 unspecified atom stereocenters. The zero-order valence-electron chi connectivity index (χ0n) is 16.5. The highest BCUT2D eigenvalue weighted by molar-refractivity contribution is 5.91. The molecule has 1 saturated carbocycles. The molecule has 0 radical (unpaired) electrons. The second kappa shape index (κ2) is 9.21. The molecule has 2 amide bonds. The minimum absolute atomic E-state index is 0.0894. The Morgan fingerprint density at radius 2 is 2.07 bits per heavy atom. The number of carbonyl (C=O) groups is 2. The van der Waals surface area contributed by atoms with Crippen LogP contribution in [0.2, 0.25) is 0 Å². The van der Waals surface area contributed by atoms with Crippen LogP contribution in [-0.4, -0.2) is 63.6 Å². The zero-order valence-corrected chi connectivity index (χ0v) is 16.5. The quantitative estimate of drug-likeness (QED) is 0.550. The average molecular weight is 400 g/mol. The summed E-state index contributed by atoms with van der Waals surface area (Å²) in [6.45, 7) is 2.19. The van der Waals surface area contributed by atoms with Crippen molar-refractivity contribution in [1.82, 2.24) is 30.7 Å². The van der Waals surface area contributed by atoms with Gasteiger partial charge in [-0.3, -0.25) is 19.6 Å². The van der Waals surface area contributed by atoms with Crippen LogP contribution in [0, 0.1) is 5.92 Å². The number of likely N-dealkylation sites (tertiary alicyclic amines) is 1. The number of oxazole rings is 1. The number of hydrogen-bond acceptors (Lipinski definition) is 6. The summed E-state index contributed by atoms with van der Waals surface area (Å²) < 4.78 is 4.87. The molecule has 29 heavy (non-hydrogen) atoms. The minimum Gasteiger partial charge on any atom is -0.451 e. The number of H-pyrrole nitrogens is 1. The minimum atomic E-state index is -0.217. The first-order chi connectivity index (χ1) is 14.2. The highest BCUT2D eigenvalue weighted by Crippen LogP contribution is 2.35. The number of nitrogens with one attached hydrogen (secondary N) is 3. The normalized spacial score (nSPS) is 21.9. The molecule has 156 valence electrons. The molecule has 4 rings (SSSR count). The van der Waals surface area contributed by atoms with Gasteiger partial charge in [0.1, 0.15) is 6.26 Å². The van der Waals surface area contributed by atoms with Gasteiger partial charge < -0.3 is 15.1 Å². The van der Waals surface area contributed by atoms with Crippen molar-refractivity contribution < 1.29 is 14.0 Å². The summed E-state index contributed by atoms with van der Waals surface area (Å²) >= 11 is 0. The number of hydrogen-bond donors (Lipinski definition) is 3. The summed E-state index contributed by atoms with van der Waals surface area (Å²) in [4.78, 5) is 30.9. The van der Waals surface area contributed by atoms with Crippen LogP contribution in [0.5, 0.6) is 0 Å². The third-order valence-electron chi connectivity index (χ3n) is 5.81. The van der Waals surface area contributed by atoms with Gasteiger partial charge in [-0.05, 0) is 43.6 Å². The van der Waals surface area contributed by atoms with Crippen molar-refractivity contribution in [2.45, 2.75) is 50.6 Å². The molecule has 1 aliphatic heterocycles. The van der Waals surface area contributed by atoms with Gasteiger partial charge >= 0.3 is 0 Å². The number of nitrogens with zero attached hydrogens (tertiary/aromatic N) is 3. The van der Waals surface area contributed by atoms with E-state index in [-0.39, 0.29) is 23.9 Å². The molecule has 3 N–H and O–H groups in total. The van der Waals surface area contributed by atoms with E-state index in [0.717, 1.165) is 37.3 Å². The standard InChI is InChI=1S/C20H28N6O3/c27-19(21-6-5-15-8-24-25-9-15)7-16-3-4-17(26(16)11-14-1-2-14)10-22-20(28)18-12-29-13-23-18/h8-9,12-14,16-17H,1-7,10-11H2,(H,21,27)(H,22,28)(H,24,25)/t16-,17+/m1/s1. The number of amides is 2. The van der Waals surface area contributed by atoms with E-state index in [1.807, 2.05) is 6.20 Å². The fraction of sp³-hybridized carbons (Fsp3) is 0.600. The van der Waals surface area contributed by atoms with E-state index in [1.165, 1.54) is 25.5 Å². The third kappa shape index (κ3) is 5.44. The van der Waals surface area contributed by atoms with Gasteiger partial charge in [0, 0.05) is 44.3 Å². The van der Waals surface area contributed by atoms with Gasteiger partial charge in [0.25, 0.3) is 5.91 Å². The largest absolute Gasteiger partial charge is 0.451 e. The molecule has 2 atom stereocenters. The summed E-state index contributed by atoms with van der Waals surface area (Å²) in [7, 11) is 0. The second-order valence-electron chi connectivity index (χ2n) is 8.02. The van der Waals surface area contributed by atoms with Gasteiger partial charge in [-0.15, -0.1) is 0 Å². The van der Waals surface area contributed by atoms with Gasteiger partial charge in [0.05, 0.1) is 6.20 Å². The molecule has 2 aliphatic rings. The van der Waals surface area contributed by atoms with Gasteiger partial charge in [-0.25, -0.2) is 4.98 Å². The van der Waals surface area contributed by atoms with Crippen LogP contribution in [0.3, 0.4) is 0 Å². The van der Waals surface area contributed by atoms with Gasteiger partial charge in [-0.2, -0.15) is 5.10 Å². The van der Waals surface area contributed by atoms with Crippen molar-refractivity contribution >= 4 is 11.8 Å². The summed E-state index contributed by atoms with van der Waals surface area (Å²) in [6.07, 6.45) is 12.0. The predicted molar refractivity (Wildman–Crippen MR) is 105 cm³/mol. The summed E-state index contributed by atoms with van der Waals surface area (Å²) in [5.41, 5.74) is 1.38. The monoisotopic (exact) mass is 400 g/mol. The highest BCUT2D eigenvalue weighted by atomic mass is 16.3. The van der Waals surface area contributed by atoms with E-state index in [1.54, 1.807) is 6.20 Å². The SMILES string of the molecule is O=C(C[C@H]1CC[C@@H](CNC(=O)c2cocn2)N1CC1CC1)NCCc1cn[nH]c1. The molecule has 1 aliphatic carbocycles. The molecular formula is C20H28N6O3. The van der Waals surface area contributed by atoms with Crippen molar-refractivity contribution in [3.05, 3.63) is 36.3 Å². The first-order valence-electron chi connectivity index (χ1n) is 10.4. The Balaban J connectivity index is 1.26. The Labute approximate surface area is 169 Å². The first kappa shape index (κ1) is 19.6. The van der Waals surface area contributed by atoms with E-state index < -0.39 is 0 Å². The predicted octanol–water partition coefficient (Wildman–Crippen LogP) is 1.12. The molecule has 9 heteroatoms. The number of rotatable bonds is 10. The molecule has 1 saturated heterocycles. The lowest BCUT2D eigenvalue weighted by Crippen LogP contribution is -2.45. The van der Waals surface area contributed by atoms with Crippen LogP contribution >= 0.6 is 0 Å². The Morgan fingerprint density at radius 1 is 1.21 bits per heavy atom. The molecule has 3 heterocycles. The molecule has 9 nitrogen and oxygen atoms in total. The third-order valence-corrected chi connectivity index (χ3v) is 5.81. The van der Waals surface area contributed by atoms with Crippen molar-refractivity contribution in [2.24, 2.45) is 5.92 Å². The molecule has 2 aromatic heterocycles. The van der Waals surface area contributed by atoms with Crippen molar-refractivity contribution in [1.29, 1.82) is 0 Å². The number of aromatic amines is 1. The van der Waals surface area contributed by atoms with Crippen LogP contribution in [-0.2, 0) is 11.2 Å². The smallest absolute Gasteiger partial charge is 0.273 e. The van der Waals surface area contributed by atoms with Crippen LogP contribution in [0.4, 0.5) is 0 Å². The van der Waals surface area contributed by atoms with E-state index in [4.69, 9.17) is 4.42 Å². The van der Waals surface area contributed by atoms with Crippen LogP contribution in [0.25, 0.3) is 0 Å². The van der Waals surface area contributed by atoms with Crippen molar-refractivity contribution in [2.75, 3.05) is 19.6 Å². The fourth-order valence-corrected chi connectivity index (χ4v) is 4.02. The summed E-state index contributed by atoms with van der Waals surface area (Å²) in [5.74, 6) is 0.602. The van der Waals surface area contributed by atoms with Gasteiger partial charge in [-0.1, -0.05) is 0 Å². The maximum atomic E-state index is 12.5. The Bertz CT molecular complexity index is 787. The van der Waals surface area contributed by atoms with Crippen LogP contribution in [0.1, 0.15) is 48.2 Å². The maximum Gasteiger partial charge on any atom is 0.273 e. The fourth-order valence-electron chi connectivity index (χ4n) is 4.02. The molecule has 2 fully saturated rings. The van der Waals surface area contributed by atoms with Crippen molar-refractivity contribution in [3.8, 4) is 0 Å². The maximum absolute atomic E-state index is 12.5. The molecule has 0 bridgehead atoms. The van der Waals surface area contributed by atoms with Gasteiger partial charge in [0.15, 0.2) is 12.1 Å². The first-order valence-corrected chi connectivity index (χ1v) is 10.4.